The summed E-state index contributed by atoms with van der Waals surface area (Å²) in [5, 5.41) is 9.49. The Labute approximate surface area is 151 Å². The summed E-state index contributed by atoms with van der Waals surface area (Å²) in [6, 6.07) is 10.5. The number of rotatable bonds is 8. The van der Waals surface area contributed by atoms with Gasteiger partial charge in [0.05, 0.1) is 9.36 Å². The summed E-state index contributed by atoms with van der Waals surface area (Å²) in [4.78, 5) is 1.00. The molecular formula is C19H23BrN2S. The van der Waals surface area contributed by atoms with E-state index in [2.05, 4.69) is 58.7 Å². The van der Waals surface area contributed by atoms with Gasteiger partial charge in [-0.05, 0) is 58.6 Å². The van der Waals surface area contributed by atoms with Gasteiger partial charge in [0.15, 0.2) is 0 Å². The predicted molar refractivity (Wildman–Crippen MR) is 103 cm³/mol. The zero-order chi connectivity index (χ0) is 16.7. The van der Waals surface area contributed by atoms with Crippen LogP contribution in [0.1, 0.15) is 50.1 Å². The molecule has 0 radical (unpaired) electrons. The molecule has 2 rings (SSSR count). The summed E-state index contributed by atoms with van der Waals surface area (Å²) < 4.78 is 3.33. The third kappa shape index (κ3) is 5.09. The van der Waals surface area contributed by atoms with Crippen molar-refractivity contribution in [1.82, 2.24) is 4.57 Å². The van der Waals surface area contributed by atoms with Crippen LogP contribution < -0.4 is 0 Å². The molecule has 2 nitrogen and oxygen atoms in total. The lowest BCUT2D eigenvalue weighted by atomic mass is 9.99. The summed E-state index contributed by atoms with van der Waals surface area (Å²) in [7, 11) is 0. The first-order chi connectivity index (χ1) is 11.2. The van der Waals surface area contributed by atoms with Crippen molar-refractivity contribution in [3.63, 3.8) is 0 Å². The third-order valence-electron chi connectivity index (χ3n) is 4.11. The molecule has 0 aliphatic rings. The van der Waals surface area contributed by atoms with Crippen LogP contribution in [-0.2, 0) is 6.54 Å². The highest BCUT2D eigenvalue weighted by Crippen LogP contribution is 2.29. The van der Waals surface area contributed by atoms with Gasteiger partial charge in [-0.25, -0.2) is 0 Å². The number of hydrogen-bond donors (Lipinski definition) is 0. The number of nitrogens with zero attached hydrogens (tertiary/aromatic N) is 2. The molecule has 0 N–H and O–H groups in total. The van der Waals surface area contributed by atoms with Gasteiger partial charge in [-0.3, -0.25) is 0 Å². The number of thiophene rings is 1. The van der Waals surface area contributed by atoms with Crippen molar-refractivity contribution in [2.75, 3.05) is 0 Å². The third-order valence-corrected chi connectivity index (χ3v) is 5.77. The van der Waals surface area contributed by atoms with Gasteiger partial charge in [0.2, 0.25) is 0 Å². The maximum absolute atomic E-state index is 9.49. The van der Waals surface area contributed by atoms with Crippen LogP contribution >= 0.6 is 27.3 Å². The molecule has 1 unspecified atom stereocenters. The minimum Gasteiger partial charge on any atom is -0.348 e. The lowest BCUT2D eigenvalue weighted by Crippen LogP contribution is -2.10. The molecule has 122 valence electrons. The lowest BCUT2D eigenvalue weighted by molar-refractivity contribution is 0.390. The molecule has 0 fully saturated rings. The Hall–Kier alpha value is -1.31. The predicted octanol–water partition coefficient (Wildman–Crippen LogP) is 6.59. The summed E-state index contributed by atoms with van der Waals surface area (Å²) in [5.74, 6) is 0.705. The minimum absolute atomic E-state index is 0.705. The highest BCUT2D eigenvalue weighted by Gasteiger charge is 2.10. The SMILES string of the molecule is CCCCC(CC)Cn1cccc1/C=C(\C#N)c1ccc(Br)s1. The highest BCUT2D eigenvalue weighted by molar-refractivity contribution is 9.11. The van der Waals surface area contributed by atoms with Crippen LogP contribution in [0, 0.1) is 17.2 Å². The number of allylic oxidation sites excluding steroid dienone is 1. The maximum Gasteiger partial charge on any atom is 0.101 e. The molecule has 1 atom stereocenters. The van der Waals surface area contributed by atoms with E-state index in [1.54, 1.807) is 11.3 Å². The molecular weight excluding hydrogens is 368 g/mol. The number of nitriles is 1. The molecule has 2 heterocycles. The normalized spacial score (nSPS) is 13.0. The lowest BCUT2D eigenvalue weighted by Gasteiger charge is -2.17. The van der Waals surface area contributed by atoms with Crippen molar-refractivity contribution in [3.05, 3.63) is 44.8 Å². The van der Waals surface area contributed by atoms with Gasteiger partial charge < -0.3 is 4.57 Å². The molecule has 0 saturated heterocycles. The standard InChI is InChI=1S/C19H23BrN2S/c1-3-5-7-15(4-2)14-22-11-6-8-17(22)12-16(13-21)18-9-10-19(20)23-18/h6,8-12,15H,3-5,7,14H2,1-2H3/b16-12+. The fraction of sp³-hybridized carbons (Fsp3) is 0.421. The van der Waals surface area contributed by atoms with E-state index in [0.29, 0.717) is 5.92 Å². The van der Waals surface area contributed by atoms with Crippen molar-refractivity contribution in [2.24, 2.45) is 5.92 Å². The molecule has 0 bridgehead atoms. The zero-order valence-electron chi connectivity index (χ0n) is 13.8. The van der Waals surface area contributed by atoms with Crippen LogP contribution in [-0.4, -0.2) is 4.57 Å². The molecule has 2 aromatic heterocycles. The summed E-state index contributed by atoms with van der Waals surface area (Å²) in [5.41, 5.74) is 1.84. The maximum atomic E-state index is 9.49. The average molecular weight is 391 g/mol. The van der Waals surface area contributed by atoms with Gasteiger partial charge in [-0.15, -0.1) is 11.3 Å². The van der Waals surface area contributed by atoms with Crippen molar-refractivity contribution < 1.29 is 0 Å². The molecule has 0 amide bonds. The molecule has 2 aromatic rings. The molecule has 23 heavy (non-hydrogen) atoms. The Morgan fingerprint density at radius 2 is 2.22 bits per heavy atom. The average Bonchev–Trinajstić information content (AvgIpc) is 3.17. The Kier molecular flexibility index (Phi) is 7.14. The Morgan fingerprint density at radius 1 is 1.39 bits per heavy atom. The van der Waals surface area contributed by atoms with Crippen LogP contribution in [0.5, 0.6) is 0 Å². The van der Waals surface area contributed by atoms with E-state index < -0.39 is 0 Å². The first kappa shape index (κ1) is 18.0. The van der Waals surface area contributed by atoms with Gasteiger partial charge in [-0.1, -0.05) is 33.1 Å². The van der Waals surface area contributed by atoms with Gasteiger partial charge in [0, 0.05) is 23.3 Å². The fourth-order valence-electron chi connectivity index (χ4n) is 2.69. The molecule has 0 aliphatic carbocycles. The Balaban J connectivity index is 2.19. The molecule has 0 saturated carbocycles. The zero-order valence-corrected chi connectivity index (χ0v) is 16.2. The van der Waals surface area contributed by atoms with Crippen LogP contribution in [0.25, 0.3) is 11.6 Å². The van der Waals surface area contributed by atoms with Crippen molar-refractivity contribution >= 4 is 38.9 Å². The molecule has 0 aliphatic heterocycles. The van der Waals surface area contributed by atoms with Crippen LogP contribution in [0.3, 0.4) is 0 Å². The van der Waals surface area contributed by atoms with Crippen molar-refractivity contribution in [1.29, 1.82) is 5.26 Å². The van der Waals surface area contributed by atoms with E-state index >= 15 is 0 Å². The van der Waals surface area contributed by atoms with E-state index in [1.165, 1.54) is 25.7 Å². The van der Waals surface area contributed by atoms with Gasteiger partial charge in [0.25, 0.3) is 0 Å². The Morgan fingerprint density at radius 3 is 2.83 bits per heavy atom. The molecule has 0 spiro atoms. The Bertz CT molecular complexity index is 690. The van der Waals surface area contributed by atoms with E-state index in [-0.39, 0.29) is 0 Å². The summed E-state index contributed by atoms with van der Waals surface area (Å²) in [6.45, 7) is 5.54. The van der Waals surface area contributed by atoms with E-state index in [4.69, 9.17) is 0 Å². The molecule has 0 aromatic carbocycles. The van der Waals surface area contributed by atoms with Gasteiger partial charge >= 0.3 is 0 Å². The van der Waals surface area contributed by atoms with Crippen LogP contribution in [0.2, 0.25) is 0 Å². The number of halogens is 1. The minimum atomic E-state index is 0.705. The van der Waals surface area contributed by atoms with Crippen molar-refractivity contribution in [2.45, 2.75) is 46.1 Å². The largest absolute Gasteiger partial charge is 0.348 e. The van der Waals surface area contributed by atoms with E-state index in [9.17, 15) is 5.26 Å². The number of hydrogen-bond acceptors (Lipinski definition) is 2. The first-order valence-corrected chi connectivity index (χ1v) is 9.81. The van der Waals surface area contributed by atoms with Gasteiger partial charge in [0.1, 0.15) is 6.07 Å². The van der Waals surface area contributed by atoms with E-state index in [1.807, 2.05) is 18.2 Å². The first-order valence-electron chi connectivity index (χ1n) is 8.20. The van der Waals surface area contributed by atoms with Crippen molar-refractivity contribution in [3.8, 4) is 6.07 Å². The highest BCUT2D eigenvalue weighted by atomic mass is 79.9. The quantitative estimate of drug-likeness (QED) is 0.467. The monoisotopic (exact) mass is 390 g/mol. The topological polar surface area (TPSA) is 28.7 Å². The van der Waals surface area contributed by atoms with E-state index in [0.717, 1.165) is 26.5 Å². The van der Waals surface area contributed by atoms with Crippen LogP contribution in [0.4, 0.5) is 0 Å². The second-order valence-electron chi connectivity index (χ2n) is 5.78. The molecule has 4 heteroatoms. The second-order valence-corrected chi connectivity index (χ2v) is 8.24. The van der Waals surface area contributed by atoms with Crippen LogP contribution in [0.15, 0.2) is 34.2 Å². The second kappa shape index (κ2) is 9.10. The summed E-state index contributed by atoms with van der Waals surface area (Å²) >= 11 is 5.06. The number of unbranched alkanes of at least 4 members (excludes halogenated alkanes) is 1. The smallest absolute Gasteiger partial charge is 0.101 e. The summed E-state index contributed by atoms with van der Waals surface area (Å²) in [6.07, 6.45) is 9.14. The fourth-order valence-corrected chi connectivity index (χ4v) is 4.04. The van der Waals surface area contributed by atoms with Gasteiger partial charge in [-0.2, -0.15) is 5.26 Å². The number of aromatic nitrogens is 1.